The lowest BCUT2D eigenvalue weighted by Crippen LogP contribution is -2.14. The van der Waals surface area contributed by atoms with E-state index in [1.165, 1.54) is 42.5 Å². The van der Waals surface area contributed by atoms with Crippen molar-refractivity contribution in [3.8, 4) is 5.75 Å². The van der Waals surface area contributed by atoms with Crippen molar-refractivity contribution in [2.24, 2.45) is 5.14 Å². The second kappa shape index (κ2) is 5.55. The molecule has 0 aromatic heterocycles. The van der Waals surface area contributed by atoms with Crippen molar-refractivity contribution in [1.29, 1.82) is 0 Å². The van der Waals surface area contributed by atoms with Crippen molar-refractivity contribution >= 4 is 21.6 Å². The van der Waals surface area contributed by atoms with Gasteiger partial charge >= 0.3 is 0 Å². The van der Waals surface area contributed by atoms with Crippen LogP contribution in [0.1, 0.15) is 15.9 Å². The van der Waals surface area contributed by atoms with Gasteiger partial charge in [0.05, 0.1) is 4.90 Å². The summed E-state index contributed by atoms with van der Waals surface area (Å²) in [4.78, 5) is 12.1. The molecule has 0 unspecified atom stereocenters. The average molecular weight is 306 g/mol. The fourth-order valence-electron chi connectivity index (χ4n) is 1.83. The zero-order valence-electron chi connectivity index (χ0n) is 11.2. The highest BCUT2D eigenvalue weighted by Gasteiger charge is 2.11. The van der Waals surface area contributed by atoms with Gasteiger partial charge in [0.2, 0.25) is 10.0 Å². The number of sulfonamides is 1. The molecule has 0 heterocycles. The molecule has 0 atom stereocenters. The predicted octanol–water partition coefficient (Wildman–Crippen LogP) is 1.60. The van der Waals surface area contributed by atoms with Crippen LogP contribution in [-0.4, -0.2) is 19.4 Å². The fourth-order valence-corrected chi connectivity index (χ4v) is 2.34. The summed E-state index contributed by atoms with van der Waals surface area (Å²) >= 11 is 0. The lowest BCUT2D eigenvalue weighted by molar-refractivity contribution is 0.102. The number of aryl methyl sites for hydroxylation is 1. The maximum absolute atomic E-state index is 12.1. The number of hydrogen-bond acceptors (Lipinski definition) is 4. The van der Waals surface area contributed by atoms with Gasteiger partial charge in [-0.25, -0.2) is 13.6 Å². The number of rotatable bonds is 3. The number of nitrogens with two attached hydrogens (primary N) is 1. The van der Waals surface area contributed by atoms with E-state index in [1.54, 1.807) is 6.92 Å². The van der Waals surface area contributed by atoms with Crippen LogP contribution >= 0.6 is 0 Å². The molecule has 1 amide bonds. The van der Waals surface area contributed by atoms with Crippen LogP contribution in [0.15, 0.2) is 47.4 Å². The van der Waals surface area contributed by atoms with Crippen LogP contribution in [0.5, 0.6) is 5.75 Å². The van der Waals surface area contributed by atoms with Crippen LogP contribution in [0.4, 0.5) is 5.69 Å². The molecule has 0 saturated carbocycles. The number of amides is 1. The minimum atomic E-state index is -3.75. The van der Waals surface area contributed by atoms with E-state index in [-0.39, 0.29) is 16.6 Å². The summed E-state index contributed by atoms with van der Waals surface area (Å²) in [6, 6.07) is 9.95. The molecule has 2 rings (SSSR count). The maximum Gasteiger partial charge on any atom is 0.255 e. The average Bonchev–Trinajstić information content (AvgIpc) is 2.38. The molecule has 0 aliphatic heterocycles. The Hall–Kier alpha value is -2.38. The van der Waals surface area contributed by atoms with Gasteiger partial charge in [-0.05, 0) is 55.0 Å². The number of benzene rings is 2. The topological polar surface area (TPSA) is 109 Å². The number of nitrogens with one attached hydrogen (secondary N) is 1. The normalized spacial score (nSPS) is 11.1. The van der Waals surface area contributed by atoms with E-state index in [4.69, 9.17) is 5.14 Å². The zero-order chi connectivity index (χ0) is 15.6. The molecule has 6 nitrogen and oxygen atoms in total. The van der Waals surface area contributed by atoms with Crippen molar-refractivity contribution < 1.29 is 18.3 Å². The van der Waals surface area contributed by atoms with E-state index in [0.29, 0.717) is 16.8 Å². The Kier molecular flexibility index (Phi) is 3.97. The highest BCUT2D eigenvalue weighted by Crippen LogP contribution is 2.18. The van der Waals surface area contributed by atoms with Gasteiger partial charge in [0.1, 0.15) is 5.75 Å². The Labute approximate surface area is 122 Å². The molecule has 0 bridgehead atoms. The van der Waals surface area contributed by atoms with E-state index < -0.39 is 10.0 Å². The van der Waals surface area contributed by atoms with Crippen LogP contribution in [0.3, 0.4) is 0 Å². The first kappa shape index (κ1) is 15.0. The van der Waals surface area contributed by atoms with Gasteiger partial charge in [-0.3, -0.25) is 4.79 Å². The number of carbonyl (C=O) groups excluding carboxylic acids is 1. The molecule has 0 radical (unpaired) electrons. The third kappa shape index (κ3) is 3.59. The molecule has 0 aliphatic carbocycles. The van der Waals surface area contributed by atoms with Crippen molar-refractivity contribution in [3.63, 3.8) is 0 Å². The minimum absolute atomic E-state index is 0.0266. The summed E-state index contributed by atoms with van der Waals surface area (Å²) in [7, 11) is -3.75. The summed E-state index contributed by atoms with van der Waals surface area (Å²) in [6.45, 7) is 1.71. The number of anilines is 1. The van der Waals surface area contributed by atoms with E-state index in [2.05, 4.69) is 5.32 Å². The van der Waals surface area contributed by atoms with Crippen LogP contribution in [0.25, 0.3) is 0 Å². The Morgan fingerprint density at radius 2 is 1.76 bits per heavy atom. The van der Waals surface area contributed by atoms with Crippen LogP contribution in [0, 0.1) is 6.92 Å². The molecular formula is C14H14N2O4S. The molecular weight excluding hydrogens is 292 g/mol. The second-order valence-corrected chi connectivity index (χ2v) is 6.08. The molecule has 21 heavy (non-hydrogen) atoms. The maximum atomic E-state index is 12.1. The number of phenolic OH excluding ortho intramolecular Hbond substituents is 1. The highest BCUT2D eigenvalue weighted by atomic mass is 32.2. The molecule has 4 N–H and O–H groups in total. The Balaban J connectivity index is 2.20. The molecule has 7 heteroatoms. The van der Waals surface area contributed by atoms with Crippen molar-refractivity contribution in [2.45, 2.75) is 11.8 Å². The largest absolute Gasteiger partial charge is 0.508 e. The summed E-state index contributed by atoms with van der Waals surface area (Å²) < 4.78 is 22.3. The lowest BCUT2D eigenvalue weighted by Gasteiger charge is -2.08. The number of phenols is 1. The molecule has 0 saturated heterocycles. The number of carbonyl (C=O) groups is 1. The van der Waals surface area contributed by atoms with E-state index >= 15 is 0 Å². The first-order chi connectivity index (χ1) is 9.77. The number of hydrogen-bond donors (Lipinski definition) is 3. The standard InChI is InChI=1S/C14H14N2O4S/c1-9-8-11(17)4-7-13(9)14(18)16-10-2-5-12(6-3-10)21(15,19)20/h2-8,17H,1H3,(H,16,18)(H2,15,19,20). The molecule has 2 aromatic rings. The van der Waals surface area contributed by atoms with E-state index in [9.17, 15) is 18.3 Å². The SMILES string of the molecule is Cc1cc(O)ccc1C(=O)Nc1ccc(S(N)(=O)=O)cc1. The Morgan fingerprint density at radius 1 is 1.14 bits per heavy atom. The van der Waals surface area contributed by atoms with Gasteiger partial charge < -0.3 is 10.4 Å². The lowest BCUT2D eigenvalue weighted by atomic mass is 10.1. The van der Waals surface area contributed by atoms with Gasteiger partial charge in [-0.2, -0.15) is 0 Å². The first-order valence-corrected chi connectivity index (χ1v) is 7.56. The smallest absolute Gasteiger partial charge is 0.255 e. The molecule has 110 valence electrons. The summed E-state index contributed by atoms with van der Waals surface area (Å²) in [5, 5.41) is 17.0. The Morgan fingerprint density at radius 3 is 2.29 bits per heavy atom. The quantitative estimate of drug-likeness (QED) is 0.800. The van der Waals surface area contributed by atoms with Crippen LogP contribution in [0.2, 0.25) is 0 Å². The summed E-state index contributed by atoms with van der Waals surface area (Å²) in [5.41, 5.74) is 1.50. The van der Waals surface area contributed by atoms with Crippen molar-refractivity contribution in [3.05, 3.63) is 53.6 Å². The van der Waals surface area contributed by atoms with Crippen LogP contribution < -0.4 is 10.5 Å². The molecule has 0 fully saturated rings. The monoisotopic (exact) mass is 306 g/mol. The summed E-state index contributed by atoms with van der Waals surface area (Å²) in [6.07, 6.45) is 0. The van der Waals surface area contributed by atoms with Gasteiger partial charge in [-0.1, -0.05) is 0 Å². The van der Waals surface area contributed by atoms with Gasteiger partial charge in [-0.15, -0.1) is 0 Å². The third-order valence-corrected chi connectivity index (χ3v) is 3.82. The van der Waals surface area contributed by atoms with Gasteiger partial charge in [0.15, 0.2) is 0 Å². The number of primary sulfonamides is 1. The van der Waals surface area contributed by atoms with Gasteiger partial charge in [0.25, 0.3) is 5.91 Å². The van der Waals surface area contributed by atoms with Crippen molar-refractivity contribution in [2.75, 3.05) is 5.32 Å². The van der Waals surface area contributed by atoms with Gasteiger partial charge in [0, 0.05) is 11.3 Å². The van der Waals surface area contributed by atoms with Crippen LogP contribution in [-0.2, 0) is 10.0 Å². The van der Waals surface area contributed by atoms with Crippen molar-refractivity contribution in [1.82, 2.24) is 0 Å². The molecule has 0 aliphatic rings. The van der Waals surface area contributed by atoms with E-state index in [0.717, 1.165) is 0 Å². The number of aromatic hydroxyl groups is 1. The second-order valence-electron chi connectivity index (χ2n) is 4.52. The first-order valence-electron chi connectivity index (χ1n) is 6.01. The zero-order valence-corrected chi connectivity index (χ0v) is 12.0. The minimum Gasteiger partial charge on any atom is -0.508 e. The van der Waals surface area contributed by atoms with E-state index in [1.807, 2.05) is 0 Å². The highest BCUT2D eigenvalue weighted by molar-refractivity contribution is 7.89. The third-order valence-electron chi connectivity index (χ3n) is 2.90. The molecule has 0 spiro atoms. The fraction of sp³-hybridized carbons (Fsp3) is 0.0714. The molecule has 2 aromatic carbocycles. The summed E-state index contributed by atoms with van der Waals surface area (Å²) in [5.74, 6) is -0.266. The predicted molar refractivity (Wildman–Crippen MR) is 78.6 cm³/mol. The Bertz CT molecular complexity index is 783.